The Labute approximate surface area is 69.7 Å². The number of hydrogen-bond acceptors (Lipinski definition) is 2. The Bertz CT molecular complexity index is 421. The van der Waals surface area contributed by atoms with E-state index in [1.807, 2.05) is 0 Å². The van der Waals surface area contributed by atoms with Crippen LogP contribution in [-0.4, -0.2) is 10.2 Å². The van der Waals surface area contributed by atoms with Crippen molar-refractivity contribution in [2.45, 2.75) is 0 Å². The molecular weight excluding hydrogens is 152 g/mol. The number of benzene rings is 2. The number of hydrogen-bond donors (Lipinski definition) is 2. The maximum atomic E-state index is 9.38. The van der Waals surface area contributed by atoms with Crippen LogP contribution in [0, 0.1) is 6.07 Å². The molecule has 2 aromatic carbocycles. The van der Waals surface area contributed by atoms with E-state index in [0.717, 1.165) is 10.8 Å². The van der Waals surface area contributed by atoms with Crippen LogP contribution in [0.3, 0.4) is 0 Å². The standard InChI is InChI=1S/C10H7O2/c11-8-5-7-3-1-2-4-9(7)10(12)6-8/h2-6,11-12H. The highest BCUT2D eigenvalue weighted by atomic mass is 16.3. The van der Waals surface area contributed by atoms with E-state index in [4.69, 9.17) is 5.11 Å². The molecular formula is C10H7O2. The van der Waals surface area contributed by atoms with Crippen LogP contribution < -0.4 is 0 Å². The molecule has 59 valence electrons. The van der Waals surface area contributed by atoms with E-state index in [0.29, 0.717) is 0 Å². The molecule has 2 rings (SSSR count). The van der Waals surface area contributed by atoms with Crippen LogP contribution in [0.25, 0.3) is 10.8 Å². The van der Waals surface area contributed by atoms with Gasteiger partial charge in [-0.15, -0.1) is 0 Å². The fourth-order valence-electron chi connectivity index (χ4n) is 1.21. The minimum atomic E-state index is 0.0691. The van der Waals surface area contributed by atoms with E-state index >= 15 is 0 Å². The fraction of sp³-hybridized carbons (Fsp3) is 0. The summed E-state index contributed by atoms with van der Waals surface area (Å²) in [6, 6.07) is 11.0. The minimum absolute atomic E-state index is 0.0691. The van der Waals surface area contributed by atoms with Gasteiger partial charge in [-0.1, -0.05) is 12.1 Å². The molecule has 0 aromatic heterocycles. The van der Waals surface area contributed by atoms with Gasteiger partial charge in [0.15, 0.2) is 0 Å². The lowest BCUT2D eigenvalue weighted by Gasteiger charge is -2.00. The van der Waals surface area contributed by atoms with Crippen molar-refractivity contribution >= 4 is 10.8 Å². The Balaban J connectivity index is 2.89. The highest BCUT2D eigenvalue weighted by molar-refractivity contribution is 5.89. The van der Waals surface area contributed by atoms with Gasteiger partial charge in [0.1, 0.15) is 11.5 Å². The molecule has 1 radical (unpaired) electrons. The first-order valence-electron chi connectivity index (χ1n) is 3.59. The minimum Gasteiger partial charge on any atom is -0.508 e. The summed E-state index contributed by atoms with van der Waals surface area (Å²) in [5, 5.41) is 20.0. The Morgan fingerprint density at radius 3 is 2.83 bits per heavy atom. The van der Waals surface area contributed by atoms with Gasteiger partial charge in [0.2, 0.25) is 0 Å². The van der Waals surface area contributed by atoms with E-state index in [9.17, 15) is 5.11 Å². The van der Waals surface area contributed by atoms with Gasteiger partial charge in [0, 0.05) is 11.5 Å². The lowest BCUT2D eigenvalue weighted by Crippen LogP contribution is -1.73. The van der Waals surface area contributed by atoms with Crippen LogP contribution in [0.2, 0.25) is 0 Å². The normalized spacial score (nSPS) is 10.3. The molecule has 0 amide bonds. The number of aromatic hydroxyl groups is 2. The van der Waals surface area contributed by atoms with Gasteiger partial charge in [-0.2, -0.15) is 0 Å². The topological polar surface area (TPSA) is 40.5 Å². The zero-order valence-corrected chi connectivity index (χ0v) is 6.28. The molecule has 0 aliphatic heterocycles. The summed E-state index contributed by atoms with van der Waals surface area (Å²) in [7, 11) is 0. The molecule has 0 unspecified atom stereocenters. The molecule has 12 heavy (non-hydrogen) atoms. The highest BCUT2D eigenvalue weighted by Crippen LogP contribution is 2.28. The SMILES string of the molecule is Oc1cc(O)c2cc[c]cc2c1. The number of phenolic OH excluding ortho intramolecular Hbond substituents is 2. The van der Waals surface area contributed by atoms with E-state index < -0.39 is 0 Å². The molecule has 2 N–H and O–H groups in total. The smallest absolute Gasteiger partial charge is 0.127 e. The molecule has 0 atom stereocenters. The van der Waals surface area contributed by atoms with Gasteiger partial charge < -0.3 is 10.2 Å². The Hall–Kier alpha value is -1.70. The summed E-state index contributed by atoms with van der Waals surface area (Å²) in [6.45, 7) is 0. The molecule has 2 nitrogen and oxygen atoms in total. The predicted molar refractivity (Wildman–Crippen MR) is 46.1 cm³/mol. The third-order valence-corrected chi connectivity index (χ3v) is 1.76. The highest BCUT2D eigenvalue weighted by Gasteiger charge is 1.99. The van der Waals surface area contributed by atoms with Crippen LogP contribution in [0.5, 0.6) is 11.5 Å². The van der Waals surface area contributed by atoms with E-state index in [1.54, 1.807) is 24.3 Å². The maximum Gasteiger partial charge on any atom is 0.127 e. The summed E-state index contributed by atoms with van der Waals surface area (Å²) in [4.78, 5) is 0. The number of rotatable bonds is 0. The third-order valence-electron chi connectivity index (χ3n) is 1.76. The van der Waals surface area contributed by atoms with E-state index in [-0.39, 0.29) is 11.5 Å². The molecule has 0 aliphatic carbocycles. The van der Waals surface area contributed by atoms with Crippen LogP contribution in [0.4, 0.5) is 0 Å². The Morgan fingerprint density at radius 1 is 1.17 bits per heavy atom. The van der Waals surface area contributed by atoms with E-state index in [2.05, 4.69) is 6.07 Å². The van der Waals surface area contributed by atoms with Crippen LogP contribution in [-0.2, 0) is 0 Å². The molecule has 0 aliphatic rings. The molecule has 0 saturated heterocycles. The average molecular weight is 159 g/mol. The fourth-order valence-corrected chi connectivity index (χ4v) is 1.21. The zero-order chi connectivity index (χ0) is 8.55. The molecule has 0 bridgehead atoms. The van der Waals surface area contributed by atoms with Crippen molar-refractivity contribution in [2.75, 3.05) is 0 Å². The quantitative estimate of drug-likeness (QED) is 0.617. The zero-order valence-electron chi connectivity index (χ0n) is 6.28. The van der Waals surface area contributed by atoms with Crippen LogP contribution in [0.1, 0.15) is 0 Å². The van der Waals surface area contributed by atoms with Crippen LogP contribution in [0.15, 0.2) is 30.3 Å². The maximum absolute atomic E-state index is 9.38. The predicted octanol–water partition coefficient (Wildman–Crippen LogP) is 2.05. The first-order chi connectivity index (χ1) is 5.77. The summed E-state index contributed by atoms with van der Waals surface area (Å²) >= 11 is 0. The van der Waals surface area contributed by atoms with Crippen molar-refractivity contribution in [3.05, 3.63) is 36.4 Å². The second kappa shape index (κ2) is 2.41. The molecule has 2 heteroatoms. The van der Waals surface area contributed by atoms with Gasteiger partial charge in [0.25, 0.3) is 0 Å². The summed E-state index contributed by atoms with van der Waals surface area (Å²) in [5.41, 5.74) is 0. The lowest BCUT2D eigenvalue weighted by molar-refractivity contribution is 0.455. The second-order valence-electron chi connectivity index (χ2n) is 2.61. The van der Waals surface area contributed by atoms with Crippen molar-refractivity contribution in [1.29, 1.82) is 0 Å². The van der Waals surface area contributed by atoms with E-state index in [1.165, 1.54) is 6.07 Å². The molecule has 2 aromatic rings. The lowest BCUT2D eigenvalue weighted by atomic mass is 10.1. The summed E-state index contributed by atoms with van der Waals surface area (Å²) in [6.07, 6.45) is 0. The molecule has 0 heterocycles. The first-order valence-corrected chi connectivity index (χ1v) is 3.59. The van der Waals surface area contributed by atoms with Gasteiger partial charge in [-0.05, 0) is 23.6 Å². The monoisotopic (exact) mass is 159 g/mol. The summed E-state index contributed by atoms with van der Waals surface area (Å²) < 4.78 is 0. The molecule has 0 saturated carbocycles. The Morgan fingerprint density at radius 2 is 2.00 bits per heavy atom. The molecule has 0 spiro atoms. The average Bonchev–Trinajstić information content (AvgIpc) is 2.04. The van der Waals surface area contributed by atoms with Crippen molar-refractivity contribution < 1.29 is 10.2 Å². The Kier molecular flexibility index (Phi) is 1.40. The third kappa shape index (κ3) is 0.975. The first kappa shape index (κ1) is 6.98. The van der Waals surface area contributed by atoms with Crippen LogP contribution >= 0.6 is 0 Å². The largest absolute Gasteiger partial charge is 0.508 e. The van der Waals surface area contributed by atoms with Crippen molar-refractivity contribution in [3.63, 3.8) is 0 Å². The van der Waals surface area contributed by atoms with Gasteiger partial charge in [-0.25, -0.2) is 0 Å². The second-order valence-corrected chi connectivity index (χ2v) is 2.61. The van der Waals surface area contributed by atoms with Crippen molar-refractivity contribution in [1.82, 2.24) is 0 Å². The molecule has 0 fully saturated rings. The number of fused-ring (bicyclic) bond motifs is 1. The van der Waals surface area contributed by atoms with Gasteiger partial charge >= 0.3 is 0 Å². The number of phenols is 2. The summed E-state index contributed by atoms with van der Waals surface area (Å²) in [5.74, 6) is 0.165. The van der Waals surface area contributed by atoms with Crippen molar-refractivity contribution in [2.24, 2.45) is 0 Å². The van der Waals surface area contributed by atoms with Gasteiger partial charge in [-0.3, -0.25) is 0 Å². The van der Waals surface area contributed by atoms with Gasteiger partial charge in [0.05, 0.1) is 0 Å². The van der Waals surface area contributed by atoms with Crippen molar-refractivity contribution in [3.8, 4) is 11.5 Å².